The van der Waals surface area contributed by atoms with E-state index >= 15 is 0 Å². The van der Waals surface area contributed by atoms with E-state index in [0.29, 0.717) is 11.3 Å². The number of rotatable bonds is 5. The average Bonchev–Trinajstić information content (AvgIpc) is 3.15. The van der Waals surface area contributed by atoms with Crippen molar-refractivity contribution in [3.8, 4) is 0 Å². The van der Waals surface area contributed by atoms with Gasteiger partial charge in [-0.15, -0.1) is 16.9 Å². The zero-order valence-electron chi connectivity index (χ0n) is 13.3. The standard InChI is InChI=1S/C20H14N2OS2/c23-19(17-11-10-15-8-4-5-9-16(15)12-17)18-20(25-22-21-18)24-13-14-6-2-1-3-7-14/h1-12H,13H2. The van der Waals surface area contributed by atoms with Crippen LogP contribution in [0.15, 0.2) is 77.0 Å². The number of benzene rings is 3. The molecule has 4 aromatic rings. The lowest BCUT2D eigenvalue weighted by Crippen LogP contribution is -2.03. The summed E-state index contributed by atoms with van der Waals surface area (Å²) in [5.41, 5.74) is 2.30. The monoisotopic (exact) mass is 362 g/mol. The van der Waals surface area contributed by atoms with Crippen LogP contribution in [0, 0.1) is 0 Å². The molecule has 0 spiro atoms. The predicted octanol–water partition coefficient (Wildman–Crippen LogP) is 5.21. The van der Waals surface area contributed by atoms with Crippen molar-refractivity contribution in [1.29, 1.82) is 0 Å². The summed E-state index contributed by atoms with van der Waals surface area (Å²) in [6, 6.07) is 23.9. The Morgan fingerprint density at radius 1 is 0.920 bits per heavy atom. The largest absolute Gasteiger partial charge is 0.287 e. The zero-order valence-corrected chi connectivity index (χ0v) is 14.9. The smallest absolute Gasteiger partial charge is 0.215 e. The van der Waals surface area contributed by atoms with Crippen molar-refractivity contribution in [2.45, 2.75) is 9.96 Å². The molecule has 0 radical (unpaired) electrons. The molecule has 0 unspecified atom stereocenters. The second-order valence-corrected chi connectivity index (χ2v) is 7.57. The first-order valence-electron chi connectivity index (χ1n) is 7.84. The summed E-state index contributed by atoms with van der Waals surface area (Å²) < 4.78 is 4.86. The number of carbonyl (C=O) groups is 1. The third kappa shape index (κ3) is 3.48. The SMILES string of the molecule is O=C(c1ccc2ccccc2c1)c1nnsc1SCc1ccccc1. The van der Waals surface area contributed by atoms with Gasteiger partial charge in [-0.25, -0.2) is 0 Å². The Balaban J connectivity index is 1.58. The summed E-state index contributed by atoms with van der Waals surface area (Å²) >= 11 is 2.88. The summed E-state index contributed by atoms with van der Waals surface area (Å²) in [6.45, 7) is 0. The number of fused-ring (bicyclic) bond motifs is 1. The van der Waals surface area contributed by atoms with Gasteiger partial charge in [-0.05, 0) is 33.9 Å². The lowest BCUT2D eigenvalue weighted by atomic mass is 10.0. The maximum atomic E-state index is 12.9. The fourth-order valence-electron chi connectivity index (χ4n) is 2.61. The van der Waals surface area contributed by atoms with Gasteiger partial charge in [-0.1, -0.05) is 71.2 Å². The topological polar surface area (TPSA) is 42.9 Å². The molecule has 25 heavy (non-hydrogen) atoms. The Bertz CT molecular complexity index is 1030. The third-order valence-corrected chi connectivity index (χ3v) is 5.93. The van der Waals surface area contributed by atoms with E-state index in [2.05, 4.69) is 21.7 Å². The van der Waals surface area contributed by atoms with Crippen LogP contribution in [0.5, 0.6) is 0 Å². The van der Waals surface area contributed by atoms with Crippen molar-refractivity contribution in [2.75, 3.05) is 0 Å². The molecule has 0 amide bonds. The van der Waals surface area contributed by atoms with Crippen LogP contribution in [0.4, 0.5) is 0 Å². The fraction of sp³-hybridized carbons (Fsp3) is 0.0500. The molecule has 122 valence electrons. The van der Waals surface area contributed by atoms with Crippen molar-refractivity contribution in [3.63, 3.8) is 0 Å². The molecule has 5 heteroatoms. The molecule has 0 aliphatic rings. The summed E-state index contributed by atoms with van der Waals surface area (Å²) in [5, 5.41) is 6.25. The zero-order chi connectivity index (χ0) is 17.1. The van der Waals surface area contributed by atoms with Crippen molar-refractivity contribution in [1.82, 2.24) is 9.59 Å². The van der Waals surface area contributed by atoms with Gasteiger partial charge in [0, 0.05) is 11.3 Å². The maximum Gasteiger partial charge on any atom is 0.215 e. The van der Waals surface area contributed by atoms with Crippen molar-refractivity contribution < 1.29 is 4.79 Å². The van der Waals surface area contributed by atoms with Crippen LogP contribution in [-0.2, 0) is 5.75 Å². The molecule has 0 N–H and O–H groups in total. The highest BCUT2D eigenvalue weighted by molar-refractivity contribution is 8.00. The molecule has 0 saturated carbocycles. The first-order chi connectivity index (χ1) is 12.3. The highest BCUT2D eigenvalue weighted by atomic mass is 32.2. The third-order valence-electron chi connectivity index (χ3n) is 3.90. The van der Waals surface area contributed by atoms with Gasteiger partial charge in [0.15, 0.2) is 5.69 Å². The van der Waals surface area contributed by atoms with E-state index in [0.717, 1.165) is 20.7 Å². The Morgan fingerprint density at radius 2 is 1.68 bits per heavy atom. The number of thioether (sulfide) groups is 1. The van der Waals surface area contributed by atoms with Crippen LogP contribution < -0.4 is 0 Å². The molecule has 0 saturated heterocycles. The van der Waals surface area contributed by atoms with Gasteiger partial charge in [-0.3, -0.25) is 4.79 Å². The van der Waals surface area contributed by atoms with Gasteiger partial charge in [0.2, 0.25) is 5.78 Å². The first kappa shape index (κ1) is 16.0. The second kappa shape index (κ2) is 7.17. The lowest BCUT2D eigenvalue weighted by molar-refractivity contribution is 0.103. The molecule has 3 aromatic carbocycles. The first-order valence-corrected chi connectivity index (χ1v) is 9.60. The fourth-order valence-corrected chi connectivity index (χ4v) is 4.27. The van der Waals surface area contributed by atoms with Crippen LogP contribution >= 0.6 is 23.3 Å². The summed E-state index contributed by atoms with van der Waals surface area (Å²) in [6.07, 6.45) is 0. The van der Waals surface area contributed by atoms with Crippen molar-refractivity contribution in [3.05, 3.63) is 89.6 Å². The molecule has 4 rings (SSSR count). The van der Waals surface area contributed by atoms with E-state index in [-0.39, 0.29) is 5.78 Å². The van der Waals surface area contributed by atoms with Crippen LogP contribution in [0.3, 0.4) is 0 Å². The quantitative estimate of drug-likeness (QED) is 0.361. The number of nitrogens with zero attached hydrogens (tertiary/aromatic N) is 2. The van der Waals surface area contributed by atoms with Crippen molar-refractivity contribution in [2.24, 2.45) is 0 Å². The Hall–Kier alpha value is -2.50. The minimum Gasteiger partial charge on any atom is -0.287 e. The van der Waals surface area contributed by atoms with E-state index in [4.69, 9.17) is 0 Å². The highest BCUT2D eigenvalue weighted by Gasteiger charge is 2.19. The number of hydrogen-bond donors (Lipinski definition) is 0. The molecule has 0 fully saturated rings. The molecule has 0 aliphatic heterocycles. The minimum atomic E-state index is -0.0740. The van der Waals surface area contributed by atoms with Gasteiger partial charge in [0.25, 0.3) is 0 Å². The molecule has 0 bridgehead atoms. The van der Waals surface area contributed by atoms with Gasteiger partial charge >= 0.3 is 0 Å². The summed E-state index contributed by atoms with van der Waals surface area (Å²) in [5.74, 6) is 0.720. The number of aromatic nitrogens is 2. The average molecular weight is 362 g/mol. The molecule has 0 atom stereocenters. The van der Waals surface area contributed by atoms with Gasteiger partial charge in [0.05, 0.1) is 0 Å². The van der Waals surface area contributed by atoms with E-state index < -0.39 is 0 Å². The molecule has 1 aromatic heterocycles. The molecular formula is C20H14N2OS2. The summed E-state index contributed by atoms with van der Waals surface area (Å²) in [4.78, 5) is 12.9. The molecule has 3 nitrogen and oxygen atoms in total. The van der Waals surface area contributed by atoms with E-state index in [9.17, 15) is 4.79 Å². The van der Waals surface area contributed by atoms with Gasteiger partial charge < -0.3 is 0 Å². The number of carbonyl (C=O) groups excluding carboxylic acids is 1. The van der Waals surface area contributed by atoms with E-state index in [1.54, 1.807) is 11.8 Å². The van der Waals surface area contributed by atoms with Crippen LogP contribution in [0.25, 0.3) is 10.8 Å². The minimum absolute atomic E-state index is 0.0740. The normalized spacial score (nSPS) is 10.9. The lowest BCUT2D eigenvalue weighted by Gasteiger charge is -2.03. The molecular weight excluding hydrogens is 348 g/mol. The van der Waals surface area contributed by atoms with Crippen LogP contribution in [0.2, 0.25) is 0 Å². The van der Waals surface area contributed by atoms with Gasteiger partial charge in [0.1, 0.15) is 4.21 Å². The number of ketones is 1. The van der Waals surface area contributed by atoms with Gasteiger partial charge in [-0.2, -0.15) is 0 Å². The molecule has 1 heterocycles. The maximum absolute atomic E-state index is 12.9. The molecule has 0 aliphatic carbocycles. The Morgan fingerprint density at radius 3 is 2.52 bits per heavy atom. The van der Waals surface area contributed by atoms with E-state index in [1.807, 2.05) is 60.7 Å². The second-order valence-electron chi connectivity index (χ2n) is 5.57. The highest BCUT2D eigenvalue weighted by Crippen LogP contribution is 2.30. The predicted molar refractivity (Wildman–Crippen MR) is 103 cm³/mol. The van der Waals surface area contributed by atoms with E-state index in [1.165, 1.54) is 17.1 Å². The van der Waals surface area contributed by atoms with Crippen LogP contribution in [-0.4, -0.2) is 15.4 Å². The Kier molecular flexibility index (Phi) is 4.59. The Labute approximate surface area is 153 Å². The summed E-state index contributed by atoms with van der Waals surface area (Å²) in [7, 11) is 0. The van der Waals surface area contributed by atoms with Crippen molar-refractivity contribution >= 4 is 39.9 Å². The van der Waals surface area contributed by atoms with Crippen LogP contribution in [0.1, 0.15) is 21.6 Å². The number of hydrogen-bond acceptors (Lipinski definition) is 5.